The predicted octanol–water partition coefficient (Wildman–Crippen LogP) is 2.89. The van der Waals surface area contributed by atoms with Crippen molar-refractivity contribution in [1.29, 1.82) is 0 Å². The van der Waals surface area contributed by atoms with Crippen LogP contribution in [-0.4, -0.2) is 31.6 Å². The van der Waals surface area contributed by atoms with Crippen molar-refractivity contribution >= 4 is 11.9 Å². The third-order valence-corrected chi connectivity index (χ3v) is 3.86. The fourth-order valence-electron chi connectivity index (χ4n) is 2.22. The van der Waals surface area contributed by atoms with Crippen LogP contribution >= 0.6 is 0 Å². The lowest BCUT2D eigenvalue weighted by atomic mass is 9.98. The topological polar surface area (TPSA) is 64.6 Å². The molecule has 2 atom stereocenters. The monoisotopic (exact) mass is 321 g/mol. The van der Waals surface area contributed by atoms with Crippen molar-refractivity contribution < 1.29 is 19.1 Å². The van der Waals surface area contributed by atoms with Crippen LogP contribution in [0.3, 0.4) is 0 Å². The standard InChI is InChI=1S/C18H27NO4/c1-6-13(4)14-9-7-8-10-15(14)23-11-16(20)19-17(12(2)3)18(21)22-5/h7-10,12-13,17H,6,11H2,1-5H3,(H,19,20)/t13?,17-/m0/s1. The summed E-state index contributed by atoms with van der Waals surface area (Å²) >= 11 is 0. The van der Waals surface area contributed by atoms with Gasteiger partial charge in [0, 0.05) is 0 Å². The number of benzene rings is 1. The molecule has 0 aliphatic rings. The minimum atomic E-state index is -0.666. The third kappa shape index (κ3) is 5.58. The zero-order chi connectivity index (χ0) is 17.4. The fourth-order valence-corrected chi connectivity index (χ4v) is 2.22. The number of ether oxygens (including phenoxy) is 2. The van der Waals surface area contributed by atoms with E-state index in [9.17, 15) is 9.59 Å². The van der Waals surface area contributed by atoms with Gasteiger partial charge in [0.25, 0.3) is 5.91 Å². The zero-order valence-electron chi connectivity index (χ0n) is 14.6. The van der Waals surface area contributed by atoms with Crippen molar-refractivity contribution in [2.45, 2.75) is 46.1 Å². The summed E-state index contributed by atoms with van der Waals surface area (Å²) in [4.78, 5) is 23.7. The quantitative estimate of drug-likeness (QED) is 0.748. The SMILES string of the molecule is CCC(C)c1ccccc1OCC(=O)N[C@H](C(=O)OC)C(C)C. The Hall–Kier alpha value is -2.04. The van der Waals surface area contributed by atoms with Gasteiger partial charge in [0.05, 0.1) is 7.11 Å². The molecule has 0 heterocycles. The van der Waals surface area contributed by atoms with Gasteiger partial charge in [-0.2, -0.15) is 0 Å². The van der Waals surface area contributed by atoms with Crippen LogP contribution in [0.5, 0.6) is 5.75 Å². The normalized spacial score (nSPS) is 13.3. The van der Waals surface area contributed by atoms with E-state index in [0.717, 1.165) is 12.0 Å². The molecule has 1 rings (SSSR count). The molecule has 0 saturated heterocycles. The third-order valence-electron chi connectivity index (χ3n) is 3.86. The molecule has 0 saturated carbocycles. The van der Waals surface area contributed by atoms with E-state index in [1.165, 1.54) is 7.11 Å². The maximum absolute atomic E-state index is 12.1. The van der Waals surface area contributed by atoms with Gasteiger partial charge in [-0.05, 0) is 29.9 Å². The Morgan fingerprint density at radius 3 is 2.39 bits per heavy atom. The molecule has 0 radical (unpaired) electrons. The first-order valence-corrected chi connectivity index (χ1v) is 7.99. The van der Waals surface area contributed by atoms with Crippen LogP contribution in [0.2, 0.25) is 0 Å². The Morgan fingerprint density at radius 1 is 1.17 bits per heavy atom. The summed E-state index contributed by atoms with van der Waals surface area (Å²) in [6.45, 7) is 7.79. The Morgan fingerprint density at radius 2 is 1.83 bits per heavy atom. The number of carbonyl (C=O) groups excluding carboxylic acids is 2. The van der Waals surface area contributed by atoms with Crippen molar-refractivity contribution in [3.05, 3.63) is 29.8 Å². The first-order valence-electron chi connectivity index (χ1n) is 7.99. The predicted molar refractivity (Wildman–Crippen MR) is 89.4 cm³/mol. The number of carbonyl (C=O) groups is 2. The van der Waals surface area contributed by atoms with Crippen LogP contribution < -0.4 is 10.1 Å². The highest BCUT2D eigenvalue weighted by Crippen LogP contribution is 2.28. The van der Waals surface area contributed by atoms with Gasteiger partial charge in [-0.15, -0.1) is 0 Å². The first-order chi connectivity index (χ1) is 10.9. The van der Waals surface area contributed by atoms with Crippen molar-refractivity contribution in [1.82, 2.24) is 5.32 Å². The molecule has 1 aromatic carbocycles. The van der Waals surface area contributed by atoms with Crippen LogP contribution in [0.25, 0.3) is 0 Å². The molecule has 0 bridgehead atoms. The number of para-hydroxylation sites is 1. The molecule has 1 N–H and O–H groups in total. The summed E-state index contributed by atoms with van der Waals surface area (Å²) in [7, 11) is 1.31. The van der Waals surface area contributed by atoms with Gasteiger partial charge in [-0.3, -0.25) is 4.79 Å². The van der Waals surface area contributed by atoms with Gasteiger partial charge in [0.1, 0.15) is 11.8 Å². The molecule has 1 amide bonds. The molecule has 1 unspecified atom stereocenters. The molecule has 0 aliphatic carbocycles. The van der Waals surface area contributed by atoms with E-state index in [-0.39, 0.29) is 18.4 Å². The summed E-state index contributed by atoms with van der Waals surface area (Å²) in [6, 6.07) is 7.04. The van der Waals surface area contributed by atoms with Gasteiger partial charge in [0.15, 0.2) is 6.61 Å². The number of nitrogens with one attached hydrogen (secondary N) is 1. The summed E-state index contributed by atoms with van der Waals surface area (Å²) in [6.07, 6.45) is 0.990. The van der Waals surface area contributed by atoms with Gasteiger partial charge in [-0.1, -0.05) is 45.9 Å². The minimum absolute atomic E-state index is 0.0567. The molecular weight excluding hydrogens is 294 g/mol. The van der Waals surface area contributed by atoms with Crippen molar-refractivity contribution in [3.63, 3.8) is 0 Å². The number of hydrogen-bond acceptors (Lipinski definition) is 4. The summed E-state index contributed by atoms with van der Waals surface area (Å²) in [5.41, 5.74) is 1.08. The van der Waals surface area contributed by atoms with Crippen LogP contribution in [-0.2, 0) is 14.3 Å². The van der Waals surface area contributed by atoms with E-state index in [1.807, 2.05) is 38.1 Å². The minimum Gasteiger partial charge on any atom is -0.483 e. The number of amides is 1. The van der Waals surface area contributed by atoms with E-state index in [2.05, 4.69) is 19.2 Å². The summed E-state index contributed by atoms with van der Waals surface area (Å²) in [5, 5.41) is 2.66. The highest BCUT2D eigenvalue weighted by Gasteiger charge is 2.25. The molecule has 0 spiro atoms. The second-order valence-corrected chi connectivity index (χ2v) is 5.95. The van der Waals surface area contributed by atoms with E-state index in [0.29, 0.717) is 11.7 Å². The first kappa shape index (κ1) is 19.0. The summed E-state index contributed by atoms with van der Waals surface area (Å²) < 4.78 is 10.4. The number of hydrogen-bond donors (Lipinski definition) is 1. The lowest BCUT2D eigenvalue weighted by Crippen LogP contribution is -2.46. The van der Waals surface area contributed by atoms with Crippen LogP contribution in [0.4, 0.5) is 0 Å². The number of methoxy groups -OCH3 is 1. The Balaban J connectivity index is 2.68. The molecule has 0 aliphatic heterocycles. The second-order valence-electron chi connectivity index (χ2n) is 5.95. The van der Waals surface area contributed by atoms with E-state index < -0.39 is 12.0 Å². The molecule has 1 aromatic rings. The van der Waals surface area contributed by atoms with Crippen LogP contribution in [0.15, 0.2) is 24.3 Å². The average Bonchev–Trinajstić information content (AvgIpc) is 2.56. The highest BCUT2D eigenvalue weighted by molar-refractivity contribution is 5.85. The average molecular weight is 321 g/mol. The maximum atomic E-state index is 12.1. The van der Waals surface area contributed by atoms with Gasteiger partial charge in [-0.25, -0.2) is 4.79 Å². The van der Waals surface area contributed by atoms with Crippen molar-refractivity contribution in [2.24, 2.45) is 5.92 Å². The van der Waals surface area contributed by atoms with E-state index in [4.69, 9.17) is 9.47 Å². The molecule has 5 nitrogen and oxygen atoms in total. The number of rotatable bonds is 8. The molecule has 0 fully saturated rings. The highest BCUT2D eigenvalue weighted by atomic mass is 16.5. The number of esters is 1. The second kappa shape index (κ2) is 9.18. The molecule has 128 valence electrons. The molecular formula is C18H27NO4. The summed E-state index contributed by atoms with van der Waals surface area (Å²) in [5.74, 6) is 0.212. The zero-order valence-corrected chi connectivity index (χ0v) is 14.6. The maximum Gasteiger partial charge on any atom is 0.328 e. The molecule has 23 heavy (non-hydrogen) atoms. The van der Waals surface area contributed by atoms with Crippen molar-refractivity contribution in [2.75, 3.05) is 13.7 Å². The van der Waals surface area contributed by atoms with Gasteiger partial charge >= 0.3 is 5.97 Å². The largest absolute Gasteiger partial charge is 0.483 e. The smallest absolute Gasteiger partial charge is 0.328 e. The van der Waals surface area contributed by atoms with E-state index >= 15 is 0 Å². The Labute approximate surface area is 138 Å². The lowest BCUT2D eigenvalue weighted by Gasteiger charge is -2.20. The molecule has 5 heteroatoms. The van der Waals surface area contributed by atoms with Crippen LogP contribution in [0, 0.1) is 5.92 Å². The van der Waals surface area contributed by atoms with Crippen molar-refractivity contribution in [3.8, 4) is 5.75 Å². The van der Waals surface area contributed by atoms with E-state index in [1.54, 1.807) is 0 Å². The molecule has 0 aromatic heterocycles. The van der Waals surface area contributed by atoms with Crippen LogP contribution in [0.1, 0.15) is 45.6 Å². The Kier molecular flexibility index (Phi) is 7.59. The fraction of sp³-hybridized carbons (Fsp3) is 0.556. The van der Waals surface area contributed by atoms with Gasteiger partial charge in [0.2, 0.25) is 0 Å². The lowest BCUT2D eigenvalue weighted by molar-refractivity contribution is -0.146. The Bertz CT molecular complexity index is 528. The van der Waals surface area contributed by atoms with Gasteiger partial charge < -0.3 is 14.8 Å².